The second-order valence-corrected chi connectivity index (χ2v) is 6.68. The van der Waals surface area contributed by atoms with Crippen LogP contribution in [0.25, 0.3) is 0 Å². The van der Waals surface area contributed by atoms with Crippen molar-refractivity contribution in [3.8, 4) is 0 Å². The first-order valence-corrected chi connectivity index (χ1v) is 9.00. The zero-order chi connectivity index (χ0) is 16.8. The van der Waals surface area contributed by atoms with Crippen molar-refractivity contribution < 1.29 is 14.3 Å². The molecule has 0 atom stereocenters. The van der Waals surface area contributed by atoms with E-state index in [1.807, 2.05) is 17.0 Å². The molecular weight excluding hydrogens is 304 g/mol. The van der Waals surface area contributed by atoms with Crippen LogP contribution in [-0.2, 0) is 9.53 Å². The van der Waals surface area contributed by atoms with Crippen molar-refractivity contribution in [3.63, 3.8) is 0 Å². The second kappa shape index (κ2) is 8.29. The van der Waals surface area contributed by atoms with Gasteiger partial charge in [0.05, 0.1) is 0 Å². The highest BCUT2D eigenvalue weighted by molar-refractivity contribution is 5.96. The molecule has 1 aliphatic heterocycles. The molecule has 2 fully saturated rings. The average molecular weight is 330 g/mol. The zero-order valence-corrected chi connectivity index (χ0v) is 14.1. The molecule has 1 heterocycles. The van der Waals surface area contributed by atoms with Gasteiger partial charge in [0.1, 0.15) is 0 Å². The zero-order valence-electron chi connectivity index (χ0n) is 14.1. The molecule has 24 heavy (non-hydrogen) atoms. The van der Waals surface area contributed by atoms with E-state index in [2.05, 4.69) is 5.32 Å². The molecule has 2 amide bonds. The third-order valence-corrected chi connectivity index (χ3v) is 4.57. The molecule has 1 saturated carbocycles. The lowest BCUT2D eigenvalue weighted by Crippen LogP contribution is -2.35. The van der Waals surface area contributed by atoms with E-state index in [0.29, 0.717) is 25.1 Å². The molecule has 2 aliphatic rings. The van der Waals surface area contributed by atoms with Crippen LogP contribution in [0.3, 0.4) is 0 Å². The molecule has 0 spiro atoms. The number of hydrogen-bond donors (Lipinski definition) is 1. The fourth-order valence-electron chi connectivity index (χ4n) is 2.88. The molecule has 1 aliphatic carbocycles. The van der Waals surface area contributed by atoms with Crippen LogP contribution in [0.5, 0.6) is 0 Å². The van der Waals surface area contributed by atoms with Gasteiger partial charge in [-0.25, -0.2) is 0 Å². The first-order valence-electron chi connectivity index (χ1n) is 9.00. The Labute approximate surface area is 143 Å². The molecule has 1 N–H and O–H groups in total. The number of nitrogens with zero attached hydrogens (tertiary/aromatic N) is 1. The van der Waals surface area contributed by atoms with Crippen LogP contribution in [0.15, 0.2) is 24.3 Å². The number of carbonyl (C=O) groups excluding carboxylic acids is 2. The summed E-state index contributed by atoms with van der Waals surface area (Å²) >= 11 is 0. The van der Waals surface area contributed by atoms with Gasteiger partial charge in [0.15, 0.2) is 0 Å². The Hall–Kier alpha value is -1.88. The Morgan fingerprint density at radius 3 is 2.71 bits per heavy atom. The first-order chi connectivity index (χ1) is 11.7. The molecular formula is C19H26N2O3. The minimum absolute atomic E-state index is 0.0753. The Balaban J connectivity index is 1.40. The van der Waals surface area contributed by atoms with Gasteiger partial charge in [0, 0.05) is 44.0 Å². The van der Waals surface area contributed by atoms with Gasteiger partial charge in [0.25, 0.3) is 5.91 Å². The molecule has 0 aromatic heterocycles. The molecule has 1 aromatic rings. The summed E-state index contributed by atoms with van der Waals surface area (Å²) < 4.78 is 5.55. The summed E-state index contributed by atoms with van der Waals surface area (Å²) in [6.45, 7) is 2.96. The van der Waals surface area contributed by atoms with Crippen molar-refractivity contribution in [1.29, 1.82) is 0 Å². The maximum atomic E-state index is 12.1. The summed E-state index contributed by atoms with van der Waals surface area (Å²) in [5, 5.41) is 2.91. The lowest BCUT2D eigenvalue weighted by atomic mass is 10.1. The minimum atomic E-state index is -0.0753. The largest absolute Gasteiger partial charge is 0.381 e. The standard InChI is InChI=1S/C19H26N2O3/c22-18-4-1-2-12-21(18)17-9-7-16(8-10-17)19(23)20-11-3-13-24-14-15-5-6-15/h7-10,15H,1-6,11-14H2,(H,20,23). The number of ether oxygens (including phenoxy) is 1. The van der Waals surface area contributed by atoms with Gasteiger partial charge in [-0.15, -0.1) is 0 Å². The number of nitrogens with one attached hydrogen (secondary N) is 1. The predicted octanol–water partition coefficient (Wildman–Crippen LogP) is 2.75. The summed E-state index contributed by atoms with van der Waals surface area (Å²) in [6, 6.07) is 7.29. The van der Waals surface area contributed by atoms with Gasteiger partial charge in [0.2, 0.25) is 5.91 Å². The maximum Gasteiger partial charge on any atom is 0.251 e. The Morgan fingerprint density at radius 2 is 2.00 bits per heavy atom. The van der Waals surface area contributed by atoms with Crippen molar-refractivity contribution in [2.24, 2.45) is 5.92 Å². The Kier molecular flexibility index (Phi) is 5.86. The van der Waals surface area contributed by atoms with Gasteiger partial charge in [-0.3, -0.25) is 9.59 Å². The smallest absolute Gasteiger partial charge is 0.251 e. The highest BCUT2D eigenvalue weighted by Crippen LogP contribution is 2.28. The lowest BCUT2D eigenvalue weighted by Gasteiger charge is -2.26. The lowest BCUT2D eigenvalue weighted by molar-refractivity contribution is -0.119. The molecule has 0 unspecified atom stereocenters. The van der Waals surface area contributed by atoms with E-state index in [1.165, 1.54) is 12.8 Å². The fourth-order valence-corrected chi connectivity index (χ4v) is 2.88. The van der Waals surface area contributed by atoms with Crippen LogP contribution in [-0.4, -0.2) is 38.1 Å². The van der Waals surface area contributed by atoms with Crippen LogP contribution in [0.2, 0.25) is 0 Å². The molecule has 1 saturated heterocycles. The fraction of sp³-hybridized carbons (Fsp3) is 0.579. The Morgan fingerprint density at radius 1 is 1.21 bits per heavy atom. The van der Waals surface area contributed by atoms with Crippen LogP contribution >= 0.6 is 0 Å². The number of piperidine rings is 1. The molecule has 1 aromatic carbocycles. The topological polar surface area (TPSA) is 58.6 Å². The van der Waals surface area contributed by atoms with Crippen LogP contribution in [0.4, 0.5) is 5.69 Å². The van der Waals surface area contributed by atoms with Crippen molar-refractivity contribution in [3.05, 3.63) is 29.8 Å². The molecule has 5 heteroatoms. The van der Waals surface area contributed by atoms with E-state index >= 15 is 0 Å². The summed E-state index contributed by atoms with van der Waals surface area (Å²) in [4.78, 5) is 25.8. The molecule has 3 rings (SSSR count). The van der Waals surface area contributed by atoms with Gasteiger partial charge in [-0.2, -0.15) is 0 Å². The summed E-state index contributed by atoms with van der Waals surface area (Å²) in [7, 11) is 0. The molecule has 0 bridgehead atoms. The molecule has 5 nitrogen and oxygen atoms in total. The highest BCUT2D eigenvalue weighted by atomic mass is 16.5. The van der Waals surface area contributed by atoms with Crippen LogP contribution < -0.4 is 10.2 Å². The van der Waals surface area contributed by atoms with E-state index in [1.54, 1.807) is 12.1 Å². The maximum absolute atomic E-state index is 12.1. The normalized spacial score (nSPS) is 17.8. The number of carbonyl (C=O) groups is 2. The first kappa shape index (κ1) is 17.0. The minimum Gasteiger partial charge on any atom is -0.381 e. The van der Waals surface area contributed by atoms with Gasteiger partial charge in [-0.1, -0.05) is 0 Å². The number of anilines is 1. The van der Waals surface area contributed by atoms with E-state index in [0.717, 1.165) is 44.0 Å². The highest BCUT2D eigenvalue weighted by Gasteiger charge is 2.21. The predicted molar refractivity (Wildman–Crippen MR) is 93.1 cm³/mol. The van der Waals surface area contributed by atoms with Crippen molar-refractivity contribution >= 4 is 17.5 Å². The number of hydrogen-bond acceptors (Lipinski definition) is 3. The van der Waals surface area contributed by atoms with E-state index < -0.39 is 0 Å². The summed E-state index contributed by atoms with van der Waals surface area (Å²) in [5.74, 6) is 0.878. The average Bonchev–Trinajstić information content (AvgIpc) is 3.43. The molecule has 0 radical (unpaired) electrons. The number of rotatable bonds is 8. The third-order valence-electron chi connectivity index (χ3n) is 4.57. The van der Waals surface area contributed by atoms with Crippen molar-refractivity contribution in [2.45, 2.75) is 38.5 Å². The van der Waals surface area contributed by atoms with Gasteiger partial charge in [-0.05, 0) is 62.3 Å². The van der Waals surface area contributed by atoms with Crippen molar-refractivity contribution in [1.82, 2.24) is 5.32 Å². The van der Waals surface area contributed by atoms with Gasteiger partial charge >= 0.3 is 0 Å². The summed E-state index contributed by atoms with van der Waals surface area (Å²) in [5.41, 5.74) is 1.51. The van der Waals surface area contributed by atoms with Crippen LogP contribution in [0.1, 0.15) is 48.9 Å². The van der Waals surface area contributed by atoms with Gasteiger partial charge < -0.3 is 15.0 Å². The number of benzene rings is 1. The van der Waals surface area contributed by atoms with E-state index in [9.17, 15) is 9.59 Å². The SMILES string of the molecule is O=C(NCCCOCC1CC1)c1ccc(N2CCCCC2=O)cc1. The second-order valence-electron chi connectivity index (χ2n) is 6.68. The summed E-state index contributed by atoms with van der Waals surface area (Å²) in [6.07, 6.45) is 6.06. The number of amides is 2. The molecule has 130 valence electrons. The van der Waals surface area contributed by atoms with Crippen LogP contribution in [0, 0.1) is 5.92 Å². The quantitative estimate of drug-likeness (QED) is 0.746. The van der Waals surface area contributed by atoms with E-state index in [4.69, 9.17) is 4.74 Å². The monoisotopic (exact) mass is 330 g/mol. The van der Waals surface area contributed by atoms with E-state index in [-0.39, 0.29) is 11.8 Å². The Bertz CT molecular complexity index is 566. The van der Waals surface area contributed by atoms with Crippen molar-refractivity contribution in [2.75, 3.05) is 31.2 Å². The third kappa shape index (κ3) is 4.81.